The maximum absolute atomic E-state index is 11.6. The van der Waals surface area contributed by atoms with E-state index >= 15 is 0 Å². The molecule has 0 aliphatic heterocycles. The van der Waals surface area contributed by atoms with Crippen molar-refractivity contribution in [3.63, 3.8) is 0 Å². The Balaban J connectivity index is 2.88. The van der Waals surface area contributed by atoms with Gasteiger partial charge in [-0.05, 0) is 6.92 Å². The highest BCUT2D eigenvalue weighted by Crippen LogP contribution is 2.17. The fourth-order valence-corrected chi connectivity index (χ4v) is 1.49. The van der Waals surface area contributed by atoms with Gasteiger partial charge in [-0.1, -0.05) is 0 Å². The number of aliphatic hydroxyl groups excluding tert-OH is 4. The number of aliphatic hydroxyl groups is 4. The Morgan fingerprint density at radius 2 is 1.78 bits per heavy atom. The first-order chi connectivity index (χ1) is 10.8. The van der Waals surface area contributed by atoms with E-state index in [0.717, 1.165) is 0 Å². The Kier molecular flexibility index (Phi) is 6.90. The van der Waals surface area contributed by atoms with Gasteiger partial charge in [-0.25, -0.2) is 4.79 Å². The Morgan fingerprint density at radius 1 is 1.13 bits per heavy atom. The van der Waals surface area contributed by atoms with Gasteiger partial charge in [-0.15, -0.1) is 0 Å². The molecule has 0 saturated heterocycles. The van der Waals surface area contributed by atoms with Crippen LogP contribution >= 0.6 is 0 Å². The SMILES string of the molecule is CC(=O)COc1c(OC[C@H](O)[C@H](O)[C@H](O)CO)[nH]c(=O)[nH]c1=O. The summed E-state index contributed by atoms with van der Waals surface area (Å²) in [6.07, 6.45) is -4.93. The van der Waals surface area contributed by atoms with E-state index in [1.165, 1.54) is 6.92 Å². The van der Waals surface area contributed by atoms with E-state index in [2.05, 4.69) is 4.98 Å². The lowest BCUT2D eigenvalue weighted by Gasteiger charge is -2.21. The first-order valence-corrected chi connectivity index (χ1v) is 6.53. The van der Waals surface area contributed by atoms with Crippen LogP contribution in [-0.4, -0.2) is 74.3 Å². The zero-order valence-electron chi connectivity index (χ0n) is 12.2. The molecule has 3 atom stereocenters. The number of aromatic nitrogens is 2. The van der Waals surface area contributed by atoms with Gasteiger partial charge in [0.05, 0.1) is 6.61 Å². The maximum atomic E-state index is 11.6. The van der Waals surface area contributed by atoms with Crippen LogP contribution in [0.3, 0.4) is 0 Å². The second-order valence-corrected chi connectivity index (χ2v) is 4.68. The summed E-state index contributed by atoms with van der Waals surface area (Å²) in [4.78, 5) is 37.7. The van der Waals surface area contributed by atoms with Crippen molar-refractivity contribution in [1.29, 1.82) is 0 Å². The summed E-state index contributed by atoms with van der Waals surface area (Å²) in [5, 5.41) is 36.9. The van der Waals surface area contributed by atoms with Gasteiger partial charge in [0, 0.05) is 0 Å². The Hall–Kier alpha value is -2.21. The summed E-state index contributed by atoms with van der Waals surface area (Å²) in [6, 6.07) is 0. The monoisotopic (exact) mass is 334 g/mol. The normalized spacial score (nSPS) is 14.8. The third-order valence-electron chi connectivity index (χ3n) is 2.66. The van der Waals surface area contributed by atoms with E-state index in [1.54, 1.807) is 0 Å². The number of aromatic amines is 2. The molecule has 0 fully saturated rings. The molecule has 11 heteroatoms. The van der Waals surface area contributed by atoms with Crippen molar-refractivity contribution in [2.24, 2.45) is 0 Å². The molecule has 0 unspecified atom stereocenters. The average Bonchev–Trinajstić information content (AvgIpc) is 2.49. The number of nitrogens with one attached hydrogen (secondary N) is 2. The molecule has 0 aromatic carbocycles. The van der Waals surface area contributed by atoms with Crippen molar-refractivity contribution in [1.82, 2.24) is 9.97 Å². The Bertz CT molecular complexity index is 638. The predicted molar refractivity (Wildman–Crippen MR) is 74.5 cm³/mol. The third-order valence-corrected chi connectivity index (χ3v) is 2.66. The fourth-order valence-electron chi connectivity index (χ4n) is 1.49. The molecule has 1 aromatic heterocycles. The van der Waals surface area contributed by atoms with E-state index < -0.39 is 61.0 Å². The summed E-state index contributed by atoms with van der Waals surface area (Å²) >= 11 is 0. The second-order valence-electron chi connectivity index (χ2n) is 4.68. The number of hydrogen-bond donors (Lipinski definition) is 6. The number of ether oxygens (including phenoxy) is 2. The molecule has 0 radical (unpaired) electrons. The number of ketones is 1. The van der Waals surface area contributed by atoms with Gasteiger partial charge in [0.2, 0.25) is 11.6 Å². The first kappa shape index (κ1) is 18.8. The standard InChI is InChI=1S/C12H18N2O9/c1-5(16)3-22-9-10(20)13-12(21)14-11(9)23-4-7(18)8(19)6(17)2-15/h6-8,15,17-19H,2-4H2,1H3,(H2,13,14,20,21)/t6-,7+,8-/m1/s1. The lowest BCUT2D eigenvalue weighted by atomic mass is 10.1. The summed E-state index contributed by atoms with van der Waals surface area (Å²) < 4.78 is 9.92. The number of H-pyrrole nitrogens is 2. The van der Waals surface area contributed by atoms with Crippen LogP contribution in [0.5, 0.6) is 11.6 Å². The van der Waals surface area contributed by atoms with Gasteiger partial charge in [0.15, 0.2) is 5.78 Å². The molecule has 0 spiro atoms. The number of carbonyl (C=O) groups is 1. The zero-order chi connectivity index (χ0) is 17.6. The molecular formula is C12H18N2O9. The van der Waals surface area contributed by atoms with Crippen LogP contribution in [0.25, 0.3) is 0 Å². The molecule has 1 rings (SSSR count). The van der Waals surface area contributed by atoms with Crippen molar-refractivity contribution in [3.05, 3.63) is 20.8 Å². The minimum Gasteiger partial charge on any atom is -0.476 e. The van der Waals surface area contributed by atoms with Crippen LogP contribution in [0.4, 0.5) is 0 Å². The molecule has 0 amide bonds. The summed E-state index contributed by atoms with van der Waals surface area (Å²) in [6.45, 7) is -0.641. The summed E-state index contributed by atoms with van der Waals surface area (Å²) in [5.41, 5.74) is -1.86. The van der Waals surface area contributed by atoms with Gasteiger partial charge in [-0.3, -0.25) is 19.6 Å². The van der Waals surface area contributed by atoms with Gasteiger partial charge >= 0.3 is 5.69 Å². The molecule has 23 heavy (non-hydrogen) atoms. The van der Waals surface area contributed by atoms with Crippen molar-refractivity contribution in [3.8, 4) is 11.6 Å². The van der Waals surface area contributed by atoms with Crippen LogP contribution < -0.4 is 20.7 Å². The van der Waals surface area contributed by atoms with Crippen LogP contribution in [0.1, 0.15) is 6.92 Å². The first-order valence-electron chi connectivity index (χ1n) is 6.53. The van der Waals surface area contributed by atoms with Crippen molar-refractivity contribution in [2.75, 3.05) is 19.8 Å². The number of rotatable bonds is 9. The summed E-state index contributed by atoms with van der Waals surface area (Å²) in [5.74, 6) is -1.32. The largest absolute Gasteiger partial charge is 0.476 e. The topological polar surface area (TPSA) is 182 Å². The van der Waals surface area contributed by atoms with E-state index in [0.29, 0.717) is 0 Å². The van der Waals surface area contributed by atoms with Crippen molar-refractivity contribution in [2.45, 2.75) is 25.2 Å². The molecule has 0 aliphatic carbocycles. The van der Waals surface area contributed by atoms with Crippen molar-refractivity contribution < 1.29 is 34.7 Å². The number of Topliss-reactive ketones (excluding diaryl/α,β-unsaturated/α-hetero) is 1. The Morgan fingerprint density at radius 3 is 2.35 bits per heavy atom. The zero-order valence-corrected chi connectivity index (χ0v) is 12.2. The highest BCUT2D eigenvalue weighted by Gasteiger charge is 2.25. The molecule has 1 aromatic rings. The lowest BCUT2D eigenvalue weighted by Crippen LogP contribution is -2.42. The minimum atomic E-state index is -1.71. The minimum absolute atomic E-state index is 0.386. The van der Waals surface area contributed by atoms with E-state index in [9.17, 15) is 29.7 Å². The smallest absolute Gasteiger partial charge is 0.328 e. The summed E-state index contributed by atoms with van der Waals surface area (Å²) in [7, 11) is 0. The van der Waals surface area contributed by atoms with Gasteiger partial charge in [-0.2, -0.15) is 0 Å². The second kappa shape index (κ2) is 8.43. The highest BCUT2D eigenvalue weighted by molar-refractivity contribution is 5.77. The van der Waals surface area contributed by atoms with E-state index in [1.807, 2.05) is 4.98 Å². The molecule has 1 heterocycles. The fraction of sp³-hybridized carbons (Fsp3) is 0.583. The molecule has 6 N–H and O–H groups in total. The molecule has 11 nitrogen and oxygen atoms in total. The van der Waals surface area contributed by atoms with Crippen LogP contribution in [0.15, 0.2) is 9.59 Å². The molecule has 0 aliphatic rings. The number of hydrogen-bond acceptors (Lipinski definition) is 9. The van der Waals surface area contributed by atoms with Crippen LogP contribution in [0.2, 0.25) is 0 Å². The van der Waals surface area contributed by atoms with Crippen LogP contribution in [-0.2, 0) is 4.79 Å². The highest BCUT2D eigenvalue weighted by atomic mass is 16.5. The van der Waals surface area contributed by atoms with E-state index in [-0.39, 0.29) is 5.78 Å². The van der Waals surface area contributed by atoms with Crippen molar-refractivity contribution >= 4 is 5.78 Å². The van der Waals surface area contributed by atoms with Gasteiger partial charge in [0.25, 0.3) is 5.56 Å². The molecule has 0 saturated carbocycles. The third kappa shape index (κ3) is 5.49. The molecule has 130 valence electrons. The Labute approximate surface area is 129 Å². The average molecular weight is 334 g/mol. The number of carbonyl (C=O) groups excluding carboxylic acids is 1. The van der Waals surface area contributed by atoms with Gasteiger partial charge in [0.1, 0.15) is 31.5 Å². The van der Waals surface area contributed by atoms with Gasteiger partial charge < -0.3 is 29.9 Å². The molecular weight excluding hydrogens is 316 g/mol. The maximum Gasteiger partial charge on any atom is 0.328 e. The molecule has 0 bridgehead atoms. The van der Waals surface area contributed by atoms with Crippen LogP contribution in [0, 0.1) is 0 Å². The predicted octanol–water partition coefficient (Wildman–Crippen LogP) is -3.52. The van der Waals surface area contributed by atoms with E-state index in [4.69, 9.17) is 14.6 Å². The quantitative estimate of drug-likeness (QED) is 0.266. The lowest BCUT2D eigenvalue weighted by molar-refractivity contribution is -0.119.